The Kier molecular flexibility index (Phi) is 5.89. The topological polar surface area (TPSA) is 36.4 Å². The molecule has 2 heterocycles. The predicted molar refractivity (Wildman–Crippen MR) is 110 cm³/mol. The molecule has 2 aromatic carbocycles. The van der Waals surface area contributed by atoms with Crippen LogP contribution in [0.4, 0.5) is 8.78 Å². The van der Waals surface area contributed by atoms with Gasteiger partial charge in [-0.15, -0.1) is 11.3 Å². The molecule has 0 atom stereocenters. The van der Waals surface area contributed by atoms with Gasteiger partial charge in [-0.05, 0) is 24.3 Å². The fourth-order valence-electron chi connectivity index (χ4n) is 3.30. The Morgan fingerprint density at radius 3 is 2.34 bits per heavy atom. The van der Waals surface area contributed by atoms with Gasteiger partial charge in [0.25, 0.3) is 5.91 Å². The second-order valence-corrected chi connectivity index (χ2v) is 8.11. The largest absolute Gasteiger partial charge is 0.336 e. The normalized spacial score (nSPS) is 14.9. The molecule has 0 radical (unpaired) electrons. The average molecular weight is 434 g/mol. The molecule has 4 rings (SSSR count). The molecular weight excluding hydrogens is 416 g/mol. The van der Waals surface area contributed by atoms with Crippen molar-refractivity contribution in [2.75, 3.05) is 26.2 Å². The number of hydrogen-bond donors (Lipinski definition) is 0. The lowest BCUT2D eigenvalue weighted by atomic mass is 10.1. The summed E-state index contributed by atoms with van der Waals surface area (Å²) in [5, 5.41) is 3.64. The van der Waals surface area contributed by atoms with E-state index >= 15 is 0 Å². The molecule has 0 aliphatic carbocycles. The molecule has 0 bridgehead atoms. The Morgan fingerprint density at radius 2 is 1.69 bits per heavy atom. The minimum Gasteiger partial charge on any atom is -0.336 e. The first kappa shape index (κ1) is 19.9. The Hall–Kier alpha value is -2.35. The van der Waals surface area contributed by atoms with Crippen LogP contribution in [0.25, 0.3) is 10.6 Å². The van der Waals surface area contributed by atoms with Gasteiger partial charge in [-0.2, -0.15) is 0 Å². The van der Waals surface area contributed by atoms with Crippen LogP contribution in [0.15, 0.2) is 47.8 Å². The van der Waals surface area contributed by atoms with Crippen LogP contribution < -0.4 is 0 Å². The van der Waals surface area contributed by atoms with Gasteiger partial charge in [0.1, 0.15) is 22.2 Å². The first-order valence-corrected chi connectivity index (χ1v) is 10.4. The van der Waals surface area contributed by atoms with Gasteiger partial charge in [0.05, 0.1) is 5.69 Å². The number of amides is 1. The molecule has 3 aromatic rings. The number of benzene rings is 2. The number of hydrogen-bond acceptors (Lipinski definition) is 4. The van der Waals surface area contributed by atoms with E-state index in [-0.39, 0.29) is 0 Å². The maximum atomic E-state index is 13.9. The van der Waals surface area contributed by atoms with Crippen molar-refractivity contribution >= 4 is 28.8 Å². The molecular formula is C21H18ClF2N3OS. The molecule has 8 heteroatoms. The van der Waals surface area contributed by atoms with Crippen LogP contribution in [0, 0.1) is 11.6 Å². The van der Waals surface area contributed by atoms with E-state index in [1.807, 2.05) is 29.6 Å². The van der Waals surface area contributed by atoms with Crippen LogP contribution in [0.2, 0.25) is 5.02 Å². The van der Waals surface area contributed by atoms with Gasteiger partial charge in [0.2, 0.25) is 0 Å². The van der Waals surface area contributed by atoms with Crippen molar-refractivity contribution in [3.05, 3.63) is 75.8 Å². The van der Waals surface area contributed by atoms with E-state index in [4.69, 9.17) is 11.6 Å². The summed E-state index contributed by atoms with van der Waals surface area (Å²) in [6, 6.07) is 11.0. The number of thiazole rings is 1. The molecule has 29 heavy (non-hydrogen) atoms. The first-order chi connectivity index (χ1) is 14.0. The first-order valence-electron chi connectivity index (χ1n) is 9.17. The third-order valence-corrected chi connectivity index (χ3v) is 6.06. The van der Waals surface area contributed by atoms with Crippen molar-refractivity contribution < 1.29 is 13.6 Å². The summed E-state index contributed by atoms with van der Waals surface area (Å²) in [6.45, 7) is 2.74. The highest BCUT2D eigenvalue weighted by molar-refractivity contribution is 7.13. The molecule has 0 spiro atoms. The van der Waals surface area contributed by atoms with E-state index in [1.165, 1.54) is 11.0 Å². The van der Waals surface area contributed by atoms with Crippen LogP contribution in [0.1, 0.15) is 16.1 Å². The van der Waals surface area contributed by atoms with Gasteiger partial charge in [0, 0.05) is 48.7 Å². The van der Waals surface area contributed by atoms with Gasteiger partial charge in [-0.3, -0.25) is 9.69 Å². The lowest BCUT2D eigenvalue weighted by Gasteiger charge is -2.34. The van der Waals surface area contributed by atoms with Gasteiger partial charge in [0.15, 0.2) is 0 Å². The van der Waals surface area contributed by atoms with Gasteiger partial charge in [-0.25, -0.2) is 13.8 Å². The lowest BCUT2D eigenvalue weighted by Crippen LogP contribution is -2.48. The molecule has 0 N–H and O–H groups in total. The Bertz CT molecular complexity index is 997. The van der Waals surface area contributed by atoms with Gasteiger partial charge in [-0.1, -0.05) is 29.8 Å². The van der Waals surface area contributed by atoms with E-state index in [0.717, 1.165) is 28.4 Å². The number of aromatic nitrogens is 1. The van der Waals surface area contributed by atoms with E-state index in [2.05, 4.69) is 9.88 Å². The summed E-state index contributed by atoms with van der Waals surface area (Å²) in [4.78, 5) is 20.9. The summed E-state index contributed by atoms with van der Waals surface area (Å²) in [5.41, 5.74) is 1.50. The van der Waals surface area contributed by atoms with Crippen LogP contribution in [0.5, 0.6) is 0 Å². The number of carbonyl (C=O) groups excluding carboxylic acids is 1. The molecule has 1 amide bonds. The third-order valence-electron chi connectivity index (χ3n) is 4.86. The Labute approximate surface area is 176 Å². The zero-order chi connectivity index (χ0) is 20.4. The molecule has 0 unspecified atom stereocenters. The molecule has 1 aliphatic heterocycles. The van der Waals surface area contributed by atoms with Crippen molar-refractivity contribution in [2.45, 2.75) is 6.54 Å². The van der Waals surface area contributed by atoms with Crippen molar-refractivity contribution in [1.82, 2.24) is 14.8 Å². The molecule has 1 aromatic heterocycles. The molecule has 4 nitrogen and oxygen atoms in total. The smallest absolute Gasteiger partial charge is 0.259 e. The summed E-state index contributed by atoms with van der Waals surface area (Å²) < 4.78 is 27.7. The third kappa shape index (κ3) is 4.47. The van der Waals surface area contributed by atoms with Gasteiger partial charge < -0.3 is 4.90 Å². The van der Waals surface area contributed by atoms with Gasteiger partial charge >= 0.3 is 0 Å². The molecule has 0 saturated carbocycles. The highest BCUT2D eigenvalue weighted by Crippen LogP contribution is 2.26. The van der Waals surface area contributed by atoms with Crippen molar-refractivity contribution in [1.29, 1.82) is 0 Å². The zero-order valence-corrected chi connectivity index (χ0v) is 17.0. The SMILES string of the molecule is O=C(c1c(F)cccc1F)N1CCN(Cc2csc(-c3ccc(Cl)cc3)n2)CC1. The fraction of sp³-hybridized carbons (Fsp3) is 0.238. The highest BCUT2D eigenvalue weighted by atomic mass is 35.5. The lowest BCUT2D eigenvalue weighted by molar-refractivity contribution is 0.0618. The Balaban J connectivity index is 1.36. The minimum atomic E-state index is -0.824. The Morgan fingerprint density at radius 1 is 1.03 bits per heavy atom. The number of halogens is 3. The monoisotopic (exact) mass is 433 g/mol. The van der Waals surface area contributed by atoms with Crippen LogP contribution in [-0.2, 0) is 6.54 Å². The average Bonchev–Trinajstić information content (AvgIpc) is 3.17. The minimum absolute atomic E-state index is 0.417. The zero-order valence-electron chi connectivity index (χ0n) is 15.4. The van der Waals surface area contributed by atoms with Crippen molar-refractivity contribution in [3.63, 3.8) is 0 Å². The number of rotatable bonds is 4. The standard InChI is InChI=1S/C21H18ClF2N3OS/c22-15-6-4-14(5-7-15)20-25-16(13-29-20)12-26-8-10-27(11-9-26)21(28)19-17(23)2-1-3-18(19)24/h1-7,13H,8-12H2. The second kappa shape index (κ2) is 8.57. The van der Waals surface area contributed by atoms with E-state index in [9.17, 15) is 13.6 Å². The summed E-state index contributed by atoms with van der Waals surface area (Å²) in [5.74, 6) is -2.25. The van der Waals surface area contributed by atoms with Crippen molar-refractivity contribution in [2.24, 2.45) is 0 Å². The fourth-order valence-corrected chi connectivity index (χ4v) is 4.25. The number of carbonyl (C=O) groups is 1. The number of piperazine rings is 1. The van der Waals surface area contributed by atoms with Crippen LogP contribution in [-0.4, -0.2) is 46.9 Å². The summed E-state index contributed by atoms with van der Waals surface area (Å²) in [7, 11) is 0. The van der Waals surface area contributed by atoms with E-state index in [0.29, 0.717) is 37.7 Å². The molecule has 1 saturated heterocycles. The van der Waals surface area contributed by atoms with Crippen LogP contribution >= 0.6 is 22.9 Å². The highest BCUT2D eigenvalue weighted by Gasteiger charge is 2.26. The molecule has 1 aliphatic rings. The summed E-state index contributed by atoms with van der Waals surface area (Å²) >= 11 is 7.50. The van der Waals surface area contributed by atoms with Crippen LogP contribution in [0.3, 0.4) is 0 Å². The molecule has 150 valence electrons. The summed E-state index contributed by atoms with van der Waals surface area (Å²) in [6.07, 6.45) is 0. The maximum absolute atomic E-state index is 13.9. The predicted octanol–water partition coefficient (Wildman–Crippen LogP) is 4.70. The maximum Gasteiger partial charge on any atom is 0.259 e. The molecule has 1 fully saturated rings. The number of nitrogens with zero attached hydrogens (tertiary/aromatic N) is 3. The van der Waals surface area contributed by atoms with Crippen molar-refractivity contribution in [3.8, 4) is 10.6 Å². The van der Waals surface area contributed by atoms with E-state index in [1.54, 1.807) is 11.3 Å². The second-order valence-electron chi connectivity index (χ2n) is 6.82. The van der Waals surface area contributed by atoms with E-state index < -0.39 is 23.1 Å². The quantitative estimate of drug-likeness (QED) is 0.598.